The summed E-state index contributed by atoms with van der Waals surface area (Å²) in [5.41, 5.74) is 0. The summed E-state index contributed by atoms with van der Waals surface area (Å²) in [6.07, 6.45) is -1.66. The molecule has 17 heavy (non-hydrogen) atoms. The van der Waals surface area contributed by atoms with Gasteiger partial charge in [0.05, 0.1) is 6.10 Å². The topological polar surface area (TPSA) is 78.9 Å². The molecule has 3 atom stereocenters. The average Bonchev–Trinajstić information content (AvgIpc) is 2.27. The first-order chi connectivity index (χ1) is 7.86. The van der Waals surface area contributed by atoms with Crippen molar-refractivity contribution in [2.24, 2.45) is 0 Å². The van der Waals surface area contributed by atoms with Crippen molar-refractivity contribution in [1.82, 2.24) is 0 Å². The summed E-state index contributed by atoms with van der Waals surface area (Å²) in [5, 5.41) is 0. The number of hydrogen-bond acceptors (Lipinski definition) is 6. The van der Waals surface area contributed by atoms with Gasteiger partial charge in [0.25, 0.3) is 0 Å². The number of rotatable bonds is 9. The van der Waals surface area contributed by atoms with Crippen molar-refractivity contribution in [2.45, 2.75) is 39.1 Å². The van der Waals surface area contributed by atoms with Gasteiger partial charge in [-0.25, -0.2) is 4.57 Å². The molecule has 6 nitrogen and oxygen atoms in total. The Bertz CT molecular complexity index is 277. The van der Waals surface area contributed by atoms with Crippen LogP contribution in [0, 0.1) is 0 Å². The van der Waals surface area contributed by atoms with E-state index in [-0.39, 0.29) is 5.88 Å². The third-order valence-corrected chi connectivity index (χ3v) is 3.73. The van der Waals surface area contributed by atoms with Crippen LogP contribution in [0.2, 0.25) is 0 Å². The van der Waals surface area contributed by atoms with Crippen molar-refractivity contribution in [1.29, 1.82) is 0 Å². The zero-order valence-corrected chi connectivity index (χ0v) is 11.5. The summed E-state index contributed by atoms with van der Waals surface area (Å²) >= 11 is 5.50. The molecule has 0 aromatic rings. The Kier molecular flexibility index (Phi) is 7.83. The second kappa shape index (κ2) is 7.95. The molecular formula is C9H16ClO6P. The standard InChI is InChI=1S/C9H16ClO6P/c1-7(4-10)14-17(13,15-8(2)5-11)16-9(3)6-12/h5-9H,4H2,1-3H3. The monoisotopic (exact) mass is 286 g/mol. The minimum Gasteiger partial charge on any atom is -0.300 e. The Hall–Kier alpha value is -0.260. The Morgan fingerprint density at radius 2 is 1.47 bits per heavy atom. The highest BCUT2D eigenvalue weighted by molar-refractivity contribution is 7.48. The number of phosphoric ester groups is 1. The number of phosphoric acid groups is 1. The van der Waals surface area contributed by atoms with Gasteiger partial charge in [-0.2, -0.15) is 0 Å². The second-order valence-corrected chi connectivity index (χ2v) is 5.25. The number of halogens is 1. The van der Waals surface area contributed by atoms with Crippen LogP contribution in [0.15, 0.2) is 0 Å². The van der Waals surface area contributed by atoms with Gasteiger partial charge in [-0.05, 0) is 20.8 Å². The lowest BCUT2D eigenvalue weighted by molar-refractivity contribution is -0.116. The molecule has 0 heterocycles. The van der Waals surface area contributed by atoms with E-state index in [2.05, 4.69) is 0 Å². The maximum Gasteiger partial charge on any atom is 0.476 e. The third kappa shape index (κ3) is 6.91. The predicted molar refractivity (Wildman–Crippen MR) is 62.1 cm³/mol. The van der Waals surface area contributed by atoms with Crippen LogP contribution >= 0.6 is 19.4 Å². The summed E-state index contributed by atoms with van der Waals surface area (Å²) in [7, 11) is -3.98. The molecule has 100 valence electrons. The van der Waals surface area contributed by atoms with E-state index in [1.165, 1.54) is 13.8 Å². The molecule has 0 aliphatic carbocycles. The Balaban J connectivity index is 4.73. The molecule has 0 spiro atoms. The summed E-state index contributed by atoms with van der Waals surface area (Å²) < 4.78 is 26.8. The van der Waals surface area contributed by atoms with E-state index in [4.69, 9.17) is 25.2 Å². The van der Waals surface area contributed by atoms with Crippen LogP contribution in [0.25, 0.3) is 0 Å². The van der Waals surface area contributed by atoms with Gasteiger partial charge >= 0.3 is 7.82 Å². The lowest BCUT2D eigenvalue weighted by Crippen LogP contribution is -2.19. The second-order valence-electron chi connectivity index (χ2n) is 3.41. The van der Waals surface area contributed by atoms with Crippen LogP contribution in [-0.4, -0.2) is 36.8 Å². The summed E-state index contributed by atoms with van der Waals surface area (Å²) in [4.78, 5) is 20.9. The highest BCUT2D eigenvalue weighted by Gasteiger charge is 2.33. The quantitative estimate of drug-likeness (QED) is 0.366. The van der Waals surface area contributed by atoms with Gasteiger partial charge in [0.15, 0.2) is 0 Å². The van der Waals surface area contributed by atoms with E-state index < -0.39 is 26.1 Å². The van der Waals surface area contributed by atoms with Crippen LogP contribution in [0.4, 0.5) is 0 Å². The maximum atomic E-state index is 12.1. The van der Waals surface area contributed by atoms with Crippen molar-refractivity contribution in [3.8, 4) is 0 Å². The summed E-state index contributed by atoms with van der Waals surface area (Å²) in [5.74, 6) is 0.0711. The summed E-state index contributed by atoms with van der Waals surface area (Å²) in [6.45, 7) is 4.32. The van der Waals surface area contributed by atoms with E-state index in [0.717, 1.165) is 0 Å². The minimum absolute atomic E-state index is 0.0711. The molecule has 0 aliphatic rings. The zero-order chi connectivity index (χ0) is 13.5. The Labute approximate surface area is 105 Å². The lowest BCUT2D eigenvalue weighted by Gasteiger charge is -2.23. The van der Waals surface area contributed by atoms with Crippen LogP contribution in [0.5, 0.6) is 0 Å². The number of hydrogen-bond donors (Lipinski definition) is 0. The highest BCUT2D eigenvalue weighted by Crippen LogP contribution is 2.52. The fourth-order valence-electron chi connectivity index (χ4n) is 0.780. The van der Waals surface area contributed by atoms with E-state index in [1.807, 2.05) is 0 Å². The first-order valence-electron chi connectivity index (χ1n) is 4.98. The molecule has 0 N–H and O–H groups in total. The van der Waals surface area contributed by atoms with Crippen molar-refractivity contribution in [3.05, 3.63) is 0 Å². The van der Waals surface area contributed by atoms with E-state index in [1.54, 1.807) is 6.92 Å². The number of carbonyl (C=O) groups is 2. The fourth-order valence-corrected chi connectivity index (χ4v) is 2.51. The Morgan fingerprint density at radius 1 is 1.06 bits per heavy atom. The molecule has 0 fully saturated rings. The van der Waals surface area contributed by atoms with Crippen molar-refractivity contribution in [3.63, 3.8) is 0 Å². The molecule has 0 aliphatic heterocycles. The van der Waals surface area contributed by atoms with Crippen molar-refractivity contribution < 1.29 is 27.7 Å². The number of aldehydes is 2. The largest absolute Gasteiger partial charge is 0.476 e. The Morgan fingerprint density at radius 3 is 1.76 bits per heavy atom. The van der Waals surface area contributed by atoms with Gasteiger partial charge in [0.2, 0.25) is 0 Å². The van der Waals surface area contributed by atoms with E-state index in [9.17, 15) is 14.2 Å². The smallest absolute Gasteiger partial charge is 0.300 e. The lowest BCUT2D eigenvalue weighted by atomic mass is 10.5. The molecule has 0 bridgehead atoms. The molecule has 0 saturated heterocycles. The van der Waals surface area contributed by atoms with Gasteiger partial charge in [-0.15, -0.1) is 11.6 Å². The van der Waals surface area contributed by atoms with Crippen LogP contribution in [0.1, 0.15) is 20.8 Å². The highest BCUT2D eigenvalue weighted by atomic mass is 35.5. The third-order valence-electron chi connectivity index (χ3n) is 1.50. The molecule has 0 saturated carbocycles. The molecule has 0 amide bonds. The molecule has 0 rings (SSSR count). The normalized spacial score (nSPS) is 20.0. The van der Waals surface area contributed by atoms with Gasteiger partial charge in [0.1, 0.15) is 24.8 Å². The van der Waals surface area contributed by atoms with E-state index >= 15 is 0 Å². The van der Waals surface area contributed by atoms with Gasteiger partial charge < -0.3 is 9.59 Å². The van der Waals surface area contributed by atoms with Gasteiger partial charge in [-0.3, -0.25) is 13.6 Å². The number of carbonyl (C=O) groups excluding carboxylic acids is 2. The van der Waals surface area contributed by atoms with Crippen molar-refractivity contribution in [2.75, 3.05) is 5.88 Å². The van der Waals surface area contributed by atoms with Crippen molar-refractivity contribution >= 4 is 32.0 Å². The van der Waals surface area contributed by atoms with Crippen LogP contribution in [-0.2, 0) is 27.7 Å². The average molecular weight is 287 g/mol. The summed E-state index contributed by atoms with van der Waals surface area (Å²) in [6, 6.07) is 0. The van der Waals surface area contributed by atoms with Crippen LogP contribution in [0.3, 0.4) is 0 Å². The molecular weight excluding hydrogens is 271 g/mol. The fraction of sp³-hybridized carbons (Fsp3) is 0.778. The molecule has 8 heteroatoms. The van der Waals surface area contributed by atoms with Gasteiger partial charge in [-0.1, -0.05) is 0 Å². The maximum absolute atomic E-state index is 12.1. The molecule has 0 aromatic heterocycles. The number of alkyl halides is 1. The van der Waals surface area contributed by atoms with E-state index in [0.29, 0.717) is 12.6 Å². The predicted octanol–water partition coefficient (Wildman–Crippen LogP) is 1.95. The molecule has 0 radical (unpaired) electrons. The SMILES string of the molecule is CC(C=O)OP(=O)(OC(C)C=O)OC(C)CCl. The van der Waals surface area contributed by atoms with Gasteiger partial charge in [0, 0.05) is 5.88 Å². The molecule has 0 aromatic carbocycles. The zero-order valence-electron chi connectivity index (χ0n) is 9.87. The first kappa shape index (κ1) is 16.7. The minimum atomic E-state index is -3.98. The van der Waals surface area contributed by atoms with Crippen LogP contribution < -0.4 is 0 Å². The molecule has 3 unspecified atom stereocenters. The first-order valence-corrected chi connectivity index (χ1v) is 6.98.